The smallest absolute Gasteiger partial charge is 0.339 e. The molecule has 0 fully saturated rings. The molecule has 1 N–H and O–H groups in total. The normalized spacial score (nSPS) is 10.1. The molecule has 0 saturated heterocycles. The number of aromatic carboxylic acids is 1. The maximum atomic E-state index is 11.1. The van der Waals surface area contributed by atoms with E-state index in [4.69, 9.17) is 21.4 Å². The van der Waals surface area contributed by atoms with Gasteiger partial charge in [-0.05, 0) is 36.8 Å². The van der Waals surface area contributed by atoms with Gasteiger partial charge in [-0.3, -0.25) is 0 Å². The van der Waals surface area contributed by atoms with E-state index in [1.54, 1.807) is 24.3 Å². The van der Waals surface area contributed by atoms with Gasteiger partial charge in [0.1, 0.15) is 16.3 Å². The molecule has 1 aromatic carbocycles. The number of carboxylic acids is 1. The van der Waals surface area contributed by atoms with Crippen molar-refractivity contribution >= 4 is 17.6 Å². The van der Waals surface area contributed by atoms with Crippen molar-refractivity contribution in [3.8, 4) is 11.6 Å². The number of nitrogens with zero attached hydrogens (tertiary/aromatic N) is 1. The Hall–Kier alpha value is -2.07. The van der Waals surface area contributed by atoms with E-state index in [2.05, 4.69) is 4.98 Å². The third-order valence-electron chi connectivity index (χ3n) is 2.30. The molecule has 0 saturated carbocycles. The first-order chi connectivity index (χ1) is 8.58. The molecule has 1 heterocycles. The quantitative estimate of drug-likeness (QED) is 0.920. The van der Waals surface area contributed by atoms with Crippen molar-refractivity contribution in [2.45, 2.75) is 6.92 Å². The highest BCUT2D eigenvalue weighted by Gasteiger charge is 2.13. The van der Waals surface area contributed by atoms with E-state index in [0.29, 0.717) is 5.02 Å². The second kappa shape index (κ2) is 5.06. The number of pyridine rings is 1. The minimum absolute atomic E-state index is 0.0716. The lowest BCUT2D eigenvalue weighted by Gasteiger charge is -2.09. The van der Waals surface area contributed by atoms with Crippen LogP contribution in [0, 0.1) is 6.92 Å². The fourth-order valence-corrected chi connectivity index (χ4v) is 1.60. The van der Waals surface area contributed by atoms with Crippen molar-refractivity contribution in [2.24, 2.45) is 0 Å². The summed E-state index contributed by atoms with van der Waals surface area (Å²) in [4.78, 5) is 15.0. The van der Waals surface area contributed by atoms with Crippen LogP contribution in [-0.2, 0) is 0 Å². The summed E-state index contributed by atoms with van der Waals surface area (Å²) in [5.41, 5.74) is 0.962. The number of ether oxygens (including phenoxy) is 1. The molecule has 5 heteroatoms. The Labute approximate surface area is 109 Å². The van der Waals surface area contributed by atoms with Crippen LogP contribution < -0.4 is 4.74 Å². The monoisotopic (exact) mass is 263 g/mol. The summed E-state index contributed by atoms with van der Waals surface area (Å²) >= 11 is 5.91. The van der Waals surface area contributed by atoms with Crippen LogP contribution in [0.4, 0.5) is 0 Å². The Bertz CT molecular complexity index is 599. The lowest BCUT2D eigenvalue weighted by atomic mass is 10.1. The number of carboxylic acid groups (broad SMARTS) is 1. The standard InChI is InChI=1S/C13H10ClNO3/c1-8-4-5-9(13(16)17)11(7-8)18-12-10(14)3-2-6-15-12/h2-7H,1H3,(H,16,17). The van der Waals surface area contributed by atoms with Crippen molar-refractivity contribution in [1.82, 2.24) is 4.98 Å². The van der Waals surface area contributed by atoms with E-state index in [9.17, 15) is 4.79 Å². The molecule has 0 unspecified atom stereocenters. The average Bonchev–Trinajstić information content (AvgIpc) is 2.32. The molecule has 0 bridgehead atoms. The molecule has 2 rings (SSSR count). The van der Waals surface area contributed by atoms with Gasteiger partial charge in [0.25, 0.3) is 0 Å². The number of rotatable bonds is 3. The van der Waals surface area contributed by atoms with Crippen LogP contribution in [-0.4, -0.2) is 16.1 Å². The van der Waals surface area contributed by atoms with Crippen LogP contribution in [0.25, 0.3) is 0 Å². The maximum Gasteiger partial charge on any atom is 0.339 e. The summed E-state index contributed by atoms with van der Waals surface area (Å²) < 4.78 is 5.46. The molecular weight excluding hydrogens is 254 g/mol. The van der Waals surface area contributed by atoms with Gasteiger partial charge in [0.15, 0.2) is 0 Å². The molecule has 1 aromatic heterocycles. The molecule has 0 aliphatic rings. The van der Waals surface area contributed by atoms with Crippen molar-refractivity contribution < 1.29 is 14.6 Å². The van der Waals surface area contributed by atoms with Gasteiger partial charge in [-0.25, -0.2) is 9.78 Å². The van der Waals surface area contributed by atoms with Gasteiger partial charge in [0.2, 0.25) is 5.88 Å². The van der Waals surface area contributed by atoms with Crippen LogP contribution in [0.1, 0.15) is 15.9 Å². The lowest BCUT2D eigenvalue weighted by Crippen LogP contribution is -2.01. The van der Waals surface area contributed by atoms with Gasteiger partial charge in [0, 0.05) is 6.20 Å². The fraction of sp³-hybridized carbons (Fsp3) is 0.0769. The SMILES string of the molecule is Cc1ccc(C(=O)O)c(Oc2ncccc2Cl)c1. The van der Waals surface area contributed by atoms with E-state index < -0.39 is 5.97 Å². The Morgan fingerprint density at radius 1 is 1.39 bits per heavy atom. The third kappa shape index (κ3) is 2.60. The Morgan fingerprint density at radius 2 is 2.17 bits per heavy atom. The molecule has 0 amide bonds. The largest absolute Gasteiger partial charge is 0.478 e. The van der Waals surface area contributed by atoms with Crippen LogP contribution in [0.15, 0.2) is 36.5 Å². The van der Waals surface area contributed by atoms with Crippen molar-refractivity contribution in [3.05, 3.63) is 52.7 Å². The molecule has 0 aliphatic carbocycles. The van der Waals surface area contributed by atoms with E-state index >= 15 is 0 Å². The number of hydrogen-bond donors (Lipinski definition) is 1. The molecule has 0 radical (unpaired) electrons. The van der Waals surface area contributed by atoms with E-state index in [1.807, 2.05) is 6.92 Å². The van der Waals surface area contributed by atoms with Crippen molar-refractivity contribution in [1.29, 1.82) is 0 Å². The zero-order valence-corrected chi connectivity index (χ0v) is 10.3. The molecule has 2 aromatic rings. The molecule has 0 spiro atoms. The number of carbonyl (C=O) groups is 1. The molecule has 18 heavy (non-hydrogen) atoms. The van der Waals surface area contributed by atoms with Crippen LogP contribution >= 0.6 is 11.6 Å². The zero-order valence-electron chi connectivity index (χ0n) is 9.55. The first-order valence-corrected chi connectivity index (χ1v) is 5.58. The predicted molar refractivity (Wildman–Crippen MR) is 67.5 cm³/mol. The highest BCUT2D eigenvalue weighted by atomic mass is 35.5. The number of halogens is 1. The highest BCUT2D eigenvalue weighted by molar-refractivity contribution is 6.31. The minimum Gasteiger partial charge on any atom is -0.478 e. The Kier molecular flexibility index (Phi) is 3.48. The number of benzene rings is 1. The third-order valence-corrected chi connectivity index (χ3v) is 2.59. The summed E-state index contributed by atoms with van der Waals surface area (Å²) in [7, 11) is 0. The highest BCUT2D eigenvalue weighted by Crippen LogP contribution is 2.29. The second-order valence-electron chi connectivity index (χ2n) is 3.70. The summed E-state index contributed by atoms with van der Waals surface area (Å²) in [6.07, 6.45) is 1.53. The van der Waals surface area contributed by atoms with Crippen molar-refractivity contribution in [3.63, 3.8) is 0 Å². The zero-order chi connectivity index (χ0) is 13.1. The van der Waals surface area contributed by atoms with Crippen LogP contribution in [0.5, 0.6) is 11.6 Å². The maximum absolute atomic E-state index is 11.1. The summed E-state index contributed by atoms with van der Waals surface area (Å²) in [6.45, 7) is 1.85. The first-order valence-electron chi connectivity index (χ1n) is 5.20. The summed E-state index contributed by atoms with van der Waals surface area (Å²) in [5, 5.41) is 9.40. The second-order valence-corrected chi connectivity index (χ2v) is 4.10. The summed E-state index contributed by atoms with van der Waals surface area (Å²) in [6, 6.07) is 8.12. The number of aryl methyl sites for hydroxylation is 1. The minimum atomic E-state index is -1.06. The van der Waals surface area contributed by atoms with E-state index in [1.165, 1.54) is 12.3 Å². The molecule has 0 atom stereocenters. The molecule has 92 valence electrons. The van der Waals surface area contributed by atoms with Gasteiger partial charge >= 0.3 is 5.97 Å². The van der Waals surface area contributed by atoms with Gasteiger partial charge in [0.05, 0.1) is 0 Å². The van der Waals surface area contributed by atoms with Gasteiger partial charge in [-0.2, -0.15) is 0 Å². The first kappa shape index (κ1) is 12.4. The Balaban J connectivity index is 2.42. The Morgan fingerprint density at radius 3 is 2.83 bits per heavy atom. The van der Waals surface area contributed by atoms with E-state index in [0.717, 1.165) is 5.56 Å². The average molecular weight is 264 g/mol. The topological polar surface area (TPSA) is 59.4 Å². The van der Waals surface area contributed by atoms with E-state index in [-0.39, 0.29) is 17.2 Å². The van der Waals surface area contributed by atoms with Gasteiger partial charge in [-0.1, -0.05) is 17.7 Å². The van der Waals surface area contributed by atoms with Crippen LogP contribution in [0.3, 0.4) is 0 Å². The fourth-order valence-electron chi connectivity index (χ4n) is 1.44. The molecule has 0 aliphatic heterocycles. The van der Waals surface area contributed by atoms with Crippen LogP contribution in [0.2, 0.25) is 5.02 Å². The number of hydrogen-bond acceptors (Lipinski definition) is 3. The van der Waals surface area contributed by atoms with Crippen molar-refractivity contribution in [2.75, 3.05) is 0 Å². The predicted octanol–water partition coefficient (Wildman–Crippen LogP) is 3.53. The van der Waals surface area contributed by atoms with Gasteiger partial charge < -0.3 is 9.84 Å². The molecular formula is C13H10ClNO3. The lowest BCUT2D eigenvalue weighted by molar-refractivity contribution is 0.0694. The van der Waals surface area contributed by atoms with Gasteiger partial charge in [-0.15, -0.1) is 0 Å². The summed E-state index contributed by atoms with van der Waals surface area (Å²) in [5.74, 6) is -0.646. The molecule has 4 nitrogen and oxygen atoms in total. The number of aromatic nitrogens is 1.